The summed E-state index contributed by atoms with van der Waals surface area (Å²) in [6.07, 6.45) is 0.557. The summed E-state index contributed by atoms with van der Waals surface area (Å²) in [6, 6.07) is -0.0806. The predicted octanol–water partition coefficient (Wildman–Crippen LogP) is -3.56. The molecule has 0 radical (unpaired) electrons. The molecule has 6 heteroatoms. The molecule has 5 nitrogen and oxygen atoms in total. The Bertz CT molecular complexity index is 298. The molecule has 1 fully saturated rings. The van der Waals surface area contributed by atoms with E-state index in [1.807, 2.05) is 0 Å². The minimum atomic E-state index is -2.91. The molecule has 1 rings (SSSR count). The van der Waals surface area contributed by atoms with Gasteiger partial charge in [-0.1, -0.05) is 0 Å². The number of carboxylic acids is 1. The van der Waals surface area contributed by atoms with E-state index in [1.54, 1.807) is 7.05 Å². The molecule has 1 saturated heterocycles. The van der Waals surface area contributed by atoms with E-state index in [1.165, 1.54) is 0 Å². The van der Waals surface area contributed by atoms with Crippen molar-refractivity contribution < 1.29 is 23.2 Å². The second-order valence-corrected chi connectivity index (χ2v) is 5.72. The van der Waals surface area contributed by atoms with Crippen molar-refractivity contribution in [2.24, 2.45) is 0 Å². The molecule has 1 aliphatic rings. The second-order valence-electron chi connectivity index (χ2n) is 3.50. The number of carbonyl (C=O) groups excluding carboxylic acids is 1. The number of quaternary nitrogens is 1. The molecular formula is C7H13NO4S. The van der Waals surface area contributed by atoms with Gasteiger partial charge in [0.2, 0.25) is 0 Å². The van der Waals surface area contributed by atoms with E-state index >= 15 is 0 Å². The van der Waals surface area contributed by atoms with Gasteiger partial charge in [0.25, 0.3) is 0 Å². The third kappa shape index (κ3) is 2.96. The monoisotopic (exact) mass is 207 g/mol. The summed E-state index contributed by atoms with van der Waals surface area (Å²) in [6.45, 7) is -0.125. The molecule has 0 aliphatic carbocycles. The van der Waals surface area contributed by atoms with Crippen LogP contribution in [0.2, 0.25) is 0 Å². The number of carbonyl (C=O) groups is 1. The molecule has 0 saturated carbocycles. The highest BCUT2D eigenvalue weighted by Gasteiger charge is 2.33. The Morgan fingerprint density at radius 3 is 2.62 bits per heavy atom. The van der Waals surface area contributed by atoms with E-state index in [-0.39, 0.29) is 24.1 Å². The van der Waals surface area contributed by atoms with Crippen LogP contribution in [0, 0.1) is 0 Å². The Morgan fingerprint density at radius 1 is 1.62 bits per heavy atom. The number of sulfone groups is 1. The lowest BCUT2D eigenvalue weighted by Crippen LogP contribution is -3.14. The van der Waals surface area contributed by atoms with Crippen LogP contribution in [0.3, 0.4) is 0 Å². The highest BCUT2D eigenvalue weighted by molar-refractivity contribution is 7.91. The number of carboxylic acid groups (broad SMARTS) is 1. The third-order valence-electron chi connectivity index (χ3n) is 2.35. The third-order valence-corrected chi connectivity index (χ3v) is 4.12. The van der Waals surface area contributed by atoms with Crippen LogP contribution in [0.5, 0.6) is 0 Å². The van der Waals surface area contributed by atoms with Gasteiger partial charge in [-0.3, -0.25) is 0 Å². The molecule has 13 heavy (non-hydrogen) atoms. The maximum absolute atomic E-state index is 11.1. The van der Waals surface area contributed by atoms with Crippen molar-refractivity contribution in [3.8, 4) is 0 Å². The van der Waals surface area contributed by atoms with Gasteiger partial charge in [0.1, 0.15) is 18.3 Å². The van der Waals surface area contributed by atoms with Crippen LogP contribution in [0.1, 0.15) is 6.42 Å². The molecule has 0 aromatic heterocycles. The lowest BCUT2D eigenvalue weighted by molar-refractivity contribution is -0.896. The van der Waals surface area contributed by atoms with Gasteiger partial charge in [0, 0.05) is 6.42 Å². The molecule has 0 aromatic carbocycles. The van der Waals surface area contributed by atoms with Gasteiger partial charge in [-0.25, -0.2) is 8.42 Å². The Morgan fingerprint density at radius 2 is 2.23 bits per heavy atom. The van der Waals surface area contributed by atoms with Crippen molar-refractivity contribution in [1.82, 2.24) is 0 Å². The molecule has 1 aliphatic heterocycles. The zero-order valence-electron chi connectivity index (χ0n) is 7.45. The number of nitrogens with one attached hydrogen (secondary N) is 1. The van der Waals surface area contributed by atoms with Crippen LogP contribution in [0.25, 0.3) is 0 Å². The molecule has 0 amide bonds. The first kappa shape index (κ1) is 10.5. The smallest absolute Gasteiger partial charge is 0.156 e. The molecule has 0 spiro atoms. The lowest BCUT2D eigenvalue weighted by Gasteiger charge is -2.19. The summed E-state index contributed by atoms with van der Waals surface area (Å²) in [5.74, 6) is -0.851. The van der Waals surface area contributed by atoms with E-state index in [4.69, 9.17) is 0 Å². The fourth-order valence-electron chi connectivity index (χ4n) is 1.56. The number of rotatable bonds is 3. The van der Waals surface area contributed by atoms with Gasteiger partial charge in [-0.05, 0) is 0 Å². The topological polar surface area (TPSA) is 78.7 Å². The van der Waals surface area contributed by atoms with E-state index in [0.717, 1.165) is 0 Å². The van der Waals surface area contributed by atoms with Crippen LogP contribution < -0.4 is 10.0 Å². The number of likely N-dealkylation sites (N-methyl/N-ethyl adjacent to an activating group) is 1. The molecule has 1 unspecified atom stereocenters. The predicted molar refractivity (Wildman–Crippen MR) is 43.8 cm³/mol. The first-order valence-electron chi connectivity index (χ1n) is 4.13. The van der Waals surface area contributed by atoms with Crippen molar-refractivity contribution in [2.45, 2.75) is 12.5 Å². The van der Waals surface area contributed by atoms with E-state index in [2.05, 4.69) is 0 Å². The first-order chi connectivity index (χ1) is 5.91. The normalized spacial score (nSPS) is 28.5. The Hall–Kier alpha value is -0.620. The molecule has 0 bridgehead atoms. The van der Waals surface area contributed by atoms with Crippen molar-refractivity contribution >= 4 is 15.8 Å². The van der Waals surface area contributed by atoms with Crippen molar-refractivity contribution in [2.75, 3.05) is 25.1 Å². The molecular weight excluding hydrogens is 194 g/mol. The molecule has 1 N–H and O–H groups in total. The van der Waals surface area contributed by atoms with Gasteiger partial charge in [0.15, 0.2) is 9.84 Å². The van der Waals surface area contributed by atoms with Crippen molar-refractivity contribution in [1.29, 1.82) is 0 Å². The van der Waals surface area contributed by atoms with Gasteiger partial charge < -0.3 is 14.8 Å². The lowest BCUT2D eigenvalue weighted by atomic mass is 10.2. The van der Waals surface area contributed by atoms with Gasteiger partial charge >= 0.3 is 0 Å². The van der Waals surface area contributed by atoms with Crippen LogP contribution in [-0.4, -0.2) is 45.5 Å². The summed E-state index contributed by atoms with van der Waals surface area (Å²) in [5, 5.41) is 10.2. The Balaban J connectivity index is 2.51. The van der Waals surface area contributed by atoms with Crippen LogP contribution >= 0.6 is 0 Å². The fourth-order valence-corrected chi connectivity index (χ4v) is 3.43. The molecule has 1 heterocycles. The molecule has 0 aromatic rings. The quantitative estimate of drug-likeness (QED) is 0.519. The Labute approximate surface area is 77.3 Å². The minimum Gasteiger partial charge on any atom is -0.544 e. The molecule has 2 atom stereocenters. The average Bonchev–Trinajstić information content (AvgIpc) is 2.28. The van der Waals surface area contributed by atoms with Crippen LogP contribution in [0.4, 0.5) is 0 Å². The van der Waals surface area contributed by atoms with E-state index in [0.29, 0.717) is 11.3 Å². The maximum Gasteiger partial charge on any atom is 0.156 e. The number of hydrogen-bond donors (Lipinski definition) is 1. The highest BCUT2D eigenvalue weighted by atomic mass is 32.2. The van der Waals surface area contributed by atoms with Crippen LogP contribution in [0.15, 0.2) is 0 Å². The summed E-state index contributed by atoms with van der Waals surface area (Å²) in [4.78, 5) is 11.0. The van der Waals surface area contributed by atoms with Gasteiger partial charge in [-0.2, -0.15) is 0 Å². The summed E-state index contributed by atoms with van der Waals surface area (Å²) >= 11 is 0. The number of aliphatic carboxylic acids is 1. The van der Waals surface area contributed by atoms with Gasteiger partial charge in [0.05, 0.1) is 18.8 Å². The second kappa shape index (κ2) is 3.63. The van der Waals surface area contributed by atoms with Gasteiger partial charge in [-0.15, -0.1) is 0 Å². The van der Waals surface area contributed by atoms with Crippen LogP contribution in [-0.2, 0) is 14.6 Å². The summed E-state index contributed by atoms with van der Waals surface area (Å²) in [5.41, 5.74) is 0. The highest BCUT2D eigenvalue weighted by Crippen LogP contribution is 2.08. The fraction of sp³-hybridized carbons (Fsp3) is 0.857. The van der Waals surface area contributed by atoms with Crippen molar-refractivity contribution in [3.05, 3.63) is 0 Å². The maximum atomic E-state index is 11.1. The minimum absolute atomic E-state index is 0.0806. The zero-order valence-corrected chi connectivity index (χ0v) is 8.26. The molecule has 76 valence electrons. The van der Waals surface area contributed by atoms with E-state index in [9.17, 15) is 18.3 Å². The SMILES string of the molecule is C[NH+](CC(=O)[O-])[C@@H]1CCS(=O)(=O)C1. The first-order valence-corrected chi connectivity index (χ1v) is 5.95. The number of hydrogen-bond acceptors (Lipinski definition) is 4. The summed E-state index contributed by atoms with van der Waals surface area (Å²) in [7, 11) is -1.23. The van der Waals surface area contributed by atoms with Crippen molar-refractivity contribution in [3.63, 3.8) is 0 Å². The average molecular weight is 207 g/mol. The largest absolute Gasteiger partial charge is 0.544 e. The van der Waals surface area contributed by atoms with E-state index < -0.39 is 15.8 Å². The summed E-state index contributed by atoms with van der Waals surface area (Å²) < 4.78 is 22.1. The standard InChI is InChI=1S/C7H13NO4S/c1-8(4-7(9)10)6-2-3-13(11,12)5-6/h6H,2-5H2,1H3,(H,9,10)/t6-/m1/s1. The Kier molecular flexibility index (Phi) is 2.92. The zero-order chi connectivity index (χ0) is 10.1.